The van der Waals surface area contributed by atoms with E-state index in [1.165, 1.54) is 32.1 Å². The Morgan fingerprint density at radius 3 is 2.88 bits per heavy atom. The summed E-state index contributed by atoms with van der Waals surface area (Å²) in [5.41, 5.74) is 2.61. The number of carbonyl (C=O) groups excluding carboxylic acids is 1. The van der Waals surface area contributed by atoms with Gasteiger partial charge in [0.25, 0.3) is 5.91 Å². The third kappa shape index (κ3) is 4.87. The van der Waals surface area contributed by atoms with Crippen molar-refractivity contribution >= 4 is 17.7 Å². The van der Waals surface area contributed by atoms with E-state index in [2.05, 4.69) is 15.5 Å². The van der Waals surface area contributed by atoms with E-state index in [0.29, 0.717) is 11.3 Å². The van der Waals surface area contributed by atoms with Crippen molar-refractivity contribution in [1.82, 2.24) is 15.5 Å². The van der Waals surface area contributed by atoms with Crippen LogP contribution in [0.3, 0.4) is 0 Å². The first-order chi connectivity index (χ1) is 12.6. The first-order valence-electron chi connectivity index (χ1n) is 9.43. The predicted molar refractivity (Wildman–Crippen MR) is 103 cm³/mol. The third-order valence-electron chi connectivity index (χ3n) is 5.10. The lowest BCUT2D eigenvalue weighted by molar-refractivity contribution is 0.0949. The first kappa shape index (κ1) is 19.0. The number of nitrogens with zero attached hydrogens (tertiary/aromatic N) is 2. The Kier molecular flexibility index (Phi) is 6.72. The average molecular weight is 374 g/mol. The Morgan fingerprint density at radius 2 is 2.15 bits per heavy atom. The van der Waals surface area contributed by atoms with Gasteiger partial charge in [-0.2, -0.15) is 0 Å². The highest BCUT2D eigenvalue weighted by atomic mass is 32.2. The van der Waals surface area contributed by atoms with E-state index in [1.807, 2.05) is 26.0 Å². The molecule has 1 fully saturated rings. The fourth-order valence-electron chi connectivity index (χ4n) is 3.51. The molecule has 6 heteroatoms. The summed E-state index contributed by atoms with van der Waals surface area (Å²) in [5, 5.41) is 7.79. The minimum atomic E-state index is -0.0363. The van der Waals surface area contributed by atoms with Gasteiger partial charge in [-0.1, -0.05) is 30.8 Å². The van der Waals surface area contributed by atoms with Gasteiger partial charge >= 0.3 is 0 Å². The molecule has 2 aromatic heterocycles. The average Bonchev–Trinajstić information content (AvgIpc) is 3.27. The lowest BCUT2D eigenvalue weighted by atomic mass is 10.0. The topological polar surface area (TPSA) is 68.0 Å². The Hall–Kier alpha value is -1.82. The van der Waals surface area contributed by atoms with Gasteiger partial charge in [-0.3, -0.25) is 4.79 Å². The fraction of sp³-hybridized carbons (Fsp3) is 0.550. The third-order valence-corrected chi connectivity index (χ3v) is 6.13. The summed E-state index contributed by atoms with van der Waals surface area (Å²) < 4.78 is 5.21. The molecule has 3 rings (SSSR count). The van der Waals surface area contributed by atoms with E-state index in [-0.39, 0.29) is 5.91 Å². The number of hydrogen-bond donors (Lipinski definition) is 1. The zero-order valence-electron chi connectivity index (χ0n) is 15.6. The highest BCUT2D eigenvalue weighted by Gasteiger charge is 2.17. The number of thioether (sulfide) groups is 1. The zero-order valence-corrected chi connectivity index (χ0v) is 16.4. The quantitative estimate of drug-likeness (QED) is 0.537. The van der Waals surface area contributed by atoms with Crippen LogP contribution in [0.5, 0.6) is 0 Å². The van der Waals surface area contributed by atoms with Crippen molar-refractivity contribution in [3.63, 3.8) is 0 Å². The van der Waals surface area contributed by atoms with Crippen LogP contribution in [0, 0.1) is 19.8 Å². The van der Waals surface area contributed by atoms with Crippen molar-refractivity contribution in [2.75, 3.05) is 6.54 Å². The minimum Gasteiger partial charge on any atom is -0.361 e. The molecule has 1 N–H and O–H groups in total. The summed E-state index contributed by atoms with van der Waals surface area (Å²) in [4.78, 5) is 17.0. The van der Waals surface area contributed by atoms with Crippen LogP contribution in [0.4, 0.5) is 0 Å². The maximum atomic E-state index is 12.6. The van der Waals surface area contributed by atoms with Crippen molar-refractivity contribution in [3.05, 3.63) is 40.9 Å². The molecular weight excluding hydrogens is 346 g/mol. The molecule has 0 bridgehead atoms. The van der Waals surface area contributed by atoms with Crippen molar-refractivity contribution in [2.24, 2.45) is 5.92 Å². The minimum absolute atomic E-state index is 0.0363. The summed E-state index contributed by atoms with van der Waals surface area (Å²) in [6.45, 7) is 4.58. The van der Waals surface area contributed by atoms with Crippen LogP contribution in [0.1, 0.15) is 65.9 Å². The number of amides is 1. The molecule has 1 amide bonds. The summed E-state index contributed by atoms with van der Waals surface area (Å²) in [5.74, 6) is 2.35. The van der Waals surface area contributed by atoms with E-state index in [0.717, 1.165) is 40.9 Å². The van der Waals surface area contributed by atoms with Gasteiger partial charge in [0.1, 0.15) is 10.8 Å². The Morgan fingerprint density at radius 1 is 1.35 bits per heavy atom. The second kappa shape index (κ2) is 9.21. The largest absolute Gasteiger partial charge is 0.361 e. The van der Waals surface area contributed by atoms with Crippen molar-refractivity contribution in [2.45, 2.75) is 63.2 Å². The molecule has 0 aromatic carbocycles. The summed E-state index contributed by atoms with van der Waals surface area (Å²) in [7, 11) is 0. The summed E-state index contributed by atoms with van der Waals surface area (Å²) in [6, 6.07) is 3.66. The number of rotatable bonds is 8. The lowest BCUT2D eigenvalue weighted by Gasteiger charge is -2.11. The number of hydrogen-bond acceptors (Lipinski definition) is 5. The number of nitrogens with one attached hydrogen (secondary N) is 1. The molecule has 2 aromatic rings. The van der Waals surface area contributed by atoms with Crippen LogP contribution >= 0.6 is 11.8 Å². The van der Waals surface area contributed by atoms with E-state index in [9.17, 15) is 4.79 Å². The molecule has 2 heterocycles. The molecule has 0 aliphatic heterocycles. The molecule has 0 atom stereocenters. The van der Waals surface area contributed by atoms with Gasteiger partial charge in [0.15, 0.2) is 0 Å². The molecule has 26 heavy (non-hydrogen) atoms. The highest BCUT2D eigenvalue weighted by molar-refractivity contribution is 7.98. The SMILES string of the molecule is Cc1noc(C)c1CSc1ncccc1C(=O)NCCCC1CCCC1. The van der Waals surface area contributed by atoms with Gasteiger partial charge in [-0.15, -0.1) is 11.8 Å². The van der Waals surface area contributed by atoms with Crippen LogP contribution in [-0.2, 0) is 5.75 Å². The number of pyridine rings is 1. The van der Waals surface area contributed by atoms with Crippen LogP contribution in [-0.4, -0.2) is 22.6 Å². The van der Waals surface area contributed by atoms with Crippen LogP contribution < -0.4 is 5.32 Å². The molecule has 0 spiro atoms. The summed E-state index contributed by atoms with van der Waals surface area (Å²) in [6.07, 6.45) is 9.47. The van der Waals surface area contributed by atoms with Crippen molar-refractivity contribution < 1.29 is 9.32 Å². The molecule has 140 valence electrons. The van der Waals surface area contributed by atoms with E-state index in [1.54, 1.807) is 18.0 Å². The standard InChI is InChI=1S/C20H27N3O2S/c1-14-18(15(2)25-23-14)13-26-20-17(10-6-12-22-20)19(24)21-11-5-9-16-7-3-4-8-16/h6,10,12,16H,3-5,7-9,11,13H2,1-2H3,(H,21,24). The van der Waals surface area contributed by atoms with E-state index >= 15 is 0 Å². The second-order valence-corrected chi connectivity index (χ2v) is 7.96. The van der Waals surface area contributed by atoms with Gasteiger partial charge in [-0.05, 0) is 44.7 Å². The molecule has 0 saturated heterocycles. The molecule has 1 aliphatic rings. The maximum Gasteiger partial charge on any atom is 0.254 e. The molecule has 0 radical (unpaired) electrons. The molecule has 0 unspecified atom stereocenters. The van der Waals surface area contributed by atoms with Crippen LogP contribution in [0.25, 0.3) is 0 Å². The zero-order chi connectivity index (χ0) is 18.4. The summed E-state index contributed by atoms with van der Waals surface area (Å²) >= 11 is 1.55. The predicted octanol–water partition coefficient (Wildman–Crippen LogP) is 4.68. The molecular formula is C20H27N3O2S. The first-order valence-corrected chi connectivity index (χ1v) is 10.4. The van der Waals surface area contributed by atoms with Crippen molar-refractivity contribution in [3.8, 4) is 0 Å². The van der Waals surface area contributed by atoms with Gasteiger partial charge in [0.05, 0.1) is 11.3 Å². The molecule has 1 saturated carbocycles. The van der Waals surface area contributed by atoms with Gasteiger partial charge in [0.2, 0.25) is 0 Å². The monoisotopic (exact) mass is 373 g/mol. The van der Waals surface area contributed by atoms with Gasteiger partial charge in [-0.25, -0.2) is 4.98 Å². The lowest BCUT2D eigenvalue weighted by Crippen LogP contribution is -2.25. The Labute approximate surface area is 159 Å². The van der Waals surface area contributed by atoms with Crippen molar-refractivity contribution in [1.29, 1.82) is 0 Å². The van der Waals surface area contributed by atoms with Crippen LogP contribution in [0.15, 0.2) is 27.9 Å². The molecule has 1 aliphatic carbocycles. The Balaban J connectivity index is 1.53. The van der Waals surface area contributed by atoms with Crippen LogP contribution in [0.2, 0.25) is 0 Å². The van der Waals surface area contributed by atoms with Gasteiger partial charge in [0, 0.05) is 24.1 Å². The normalized spacial score (nSPS) is 14.7. The van der Waals surface area contributed by atoms with E-state index < -0.39 is 0 Å². The maximum absolute atomic E-state index is 12.6. The number of aryl methyl sites for hydroxylation is 2. The highest BCUT2D eigenvalue weighted by Crippen LogP contribution is 2.29. The molecule has 5 nitrogen and oxygen atoms in total. The Bertz CT molecular complexity index is 719. The smallest absolute Gasteiger partial charge is 0.254 e. The van der Waals surface area contributed by atoms with E-state index in [4.69, 9.17) is 4.52 Å². The van der Waals surface area contributed by atoms with Gasteiger partial charge < -0.3 is 9.84 Å². The number of aromatic nitrogens is 2. The second-order valence-electron chi connectivity index (χ2n) is 7.00. The number of carbonyl (C=O) groups is 1. The fourth-order valence-corrected chi connectivity index (χ4v) is 4.66.